The molecule has 28 heavy (non-hydrogen) atoms. The molecule has 0 bridgehead atoms. The van der Waals surface area contributed by atoms with Crippen molar-refractivity contribution in [3.8, 4) is 5.75 Å². The van der Waals surface area contributed by atoms with E-state index in [1.54, 1.807) is 23.1 Å². The Morgan fingerprint density at radius 1 is 1.21 bits per heavy atom. The van der Waals surface area contributed by atoms with Gasteiger partial charge in [0.05, 0.1) is 0 Å². The van der Waals surface area contributed by atoms with Crippen LogP contribution in [0.3, 0.4) is 0 Å². The van der Waals surface area contributed by atoms with Crippen LogP contribution in [-0.2, 0) is 21.7 Å². The van der Waals surface area contributed by atoms with Crippen molar-refractivity contribution in [2.24, 2.45) is 0 Å². The number of benzene rings is 2. The van der Waals surface area contributed by atoms with E-state index in [2.05, 4.69) is 5.32 Å². The third-order valence-corrected chi connectivity index (χ3v) is 5.43. The number of aromatic hydroxyl groups is 1. The van der Waals surface area contributed by atoms with Crippen molar-refractivity contribution < 1.29 is 19.4 Å². The van der Waals surface area contributed by atoms with Crippen LogP contribution in [0, 0.1) is 0 Å². The van der Waals surface area contributed by atoms with Crippen LogP contribution < -0.4 is 5.32 Å². The highest BCUT2D eigenvalue weighted by Crippen LogP contribution is 2.44. The smallest absolute Gasteiger partial charge is 0.335 e. The minimum absolute atomic E-state index is 0.108. The fourth-order valence-electron chi connectivity index (χ4n) is 3.83. The second-order valence-electron chi connectivity index (χ2n) is 7.25. The summed E-state index contributed by atoms with van der Waals surface area (Å²) < 4.78 is 5.71. The summed E-state index contributed by atoms with van der Waals surface area (Å²) in [6, 6.07) is 16.2. The fourth-order valence-corrected chi connectivity index (χ4v) is 3.83. The van der Waals surface area contributed by atoms with Crippen molar-refractivity contribution in [2.75, 3.05) is 13.1 Å². The topological polar surface area (TPSA) is 78.9 Å². The number of nitrogens with one attached hydrogen (secondary N) is 1. The predicted molar refractivity (Wildman–Crippen MR) is 103 cm³/mol. The molecule has 2 N–H and O–H groups in total. The molecule has 2 aromatic rings. The van der Waals surface area contributed by atoms with E-state index in [0.29, 0.717) is 37.2 Å². The Labute approximate surface area is 163 Å². The molecule has 0 radical (unpaired) electrons. The molecule has 1 unspecified atom stereocenters. The van der Waals surface area contributed by atoms with Gasteiger partial charge in [-0.2, -0.15) is 0 Å². The maximum Gasteiger partial charge on any atom is 0.335 e. The molecule has 6 heteroatoms. The molecule has 2 heterocycles. The number of hydrogen-bond acceptors (Lipinski definition) is 4. The number of phenols is 1. The Balaban J connectivity index is 1.53. The van der Waals surface area contributed by atoms with Crippen LogP contribution in [0.1, 0.15) is 24.5 Å². The minimum atomic E-state index is -0.983. The number of ether oxygens (including phenoxy) is 1. The summed E-state index contributed by atoms with van der Waals surface area (Å²) in [5.74, 6) is -0.234. The Morgan fingerprint density at radius 3 is 2.75 bits per heavy atom. The first-order valence-electron chi connectivity index (χ1n) is 9.29. The number of nitrogens with zero attached hydrogens (tertiary/aromatic N) is 1. The van der Waals surface area contributed by atoms with Crippen LogP contribution in [0.4, 0.5) is 4.79 Å². The van der Waals surface area contributed by atoms with Crippen molar-refractivity contribution in [3.05, 3.63) is 76.9 Å². The van der Waals surface area contributed by atoms with Gasteiger partial charge in [0, 0.05) is 36.3 Å². The summed E-state index contributed by atoms with van der Waals surface area (Å²) in [6.07, 6.45) is 0.460. The van der Waals surface area contributed by atoms with Gasteiger partial charge in [0.2, 0.25) is 0 Å². The molecule has 0 aliphatic carbocycles. The third-order valence-electron chi connectivity index (χ3n) is 5.43. The van der Waals surface area contributed by atoms with E-state index in [9.17, 15) is 14.7 Å². The normalized spacial score (nSPS) is 21.3. The van der Waals surface area contributed by atoms with Crippen LogP contribution in [0.5, 0.6) is 5.75 Å². The number of esters is 1. The Bertz CT molecular complexity index is 954. The number of carbonyl (C=O) groups excluding carboxylic acids is 2. The zero-order chi connectivity index (χ0) is 19.7. The van der Waals surface area contributed by atoms with E-state index in [-0.39, 0.29) is 17.7 Å². The van der Waals surface area contributed by atoms with Crippen molar-refractivity contribution in [1.29, 1.82) is 0 Å². The lowest BCUT2D eigenvalue weighted by Crippen LogP contribution is -2.45. The fraction of sp³-hybridized carbons (Fsp3) is 0.273. The van der Waals surface area contributed by atoms with Gasteiger partial charge >= 0.3 is 12.0 Å². The molecule has 0 spiro atoms. The van der Waals surface area contributed by atoms with Crippen LogP contribution in [-0.4, -0.2) is 35.1 Å². The second kappa shape index (κ2) is 7.03. The van der Waals surface area contributed by atoms with E-state index in [1.165, 1.54) is 0 Å². The molecule has 2 aliphatic rings. The number of cyclic esters (lactones) is 1. The zero-order valence-corrected chi connectivity index (χ0v) is 15.6. The van der Waals surface area contributed by atoms with Gasteiger partial charge in [-0.25, -0.2) is 9.59 Å². The number of carbonyl (C=O) groups is 2. The first-order valence-corrected chi connectivity index (χ1v) is 9.29. The van der Waals surface area contributed by atoms with Gasteiger partial charge in [0.15, 0.2) is 5.60 Å². The van der Waals surface area contributed by atoms with Crippen LogP contribution in [0.25, 0.3) is 0 Å². The Morgan fingerprint density at radius 2 is 2.00 bits per heavy atom. The van der Waals surface area contributed by atoms with Gasteiger partial charge in [-0.15, -0.1) is 0 Å². The molecular formula is C22H22N2O4. The van der Waals surface area contributed by atoms with Crippen molar-refractivity contribution >= 4 is 12.0 Å². The SMILES string of the molecule is CC1(c2cccc(O)c2)OC(=O)C2=C1CN(C(=O)NCc1ccccc1)CC2. The lowest BCUT2D eigenvalue weighted by atomic mass is 9.84. The molecule has 0 saturated carbocycles. The molecule has 6 nitrogen and oxygen atoms in total. The highest BCUT2D eigenvalue weighted by atomic mass is 16.6. The van der Waals surface area contributed by atoms with E-state index in [0.717, 1.165) is 11.1 Å². The van der Waals surface area contributed by atoms with E-state index >= 15 is 0 Å². The van der Waals surface area contributed by atoms with E-state index in [1.807, 2.05) is 43.3 Å². The zero-order valence-electron chi connectivity index (χ0n) is 15.6. The average molecular weight is 378 g/mol. The summed E-state index contributed by atoms with van der Waals surface area (Å²) in [5.41, 5.74) is 2.15. The van der Waals surface area contributed by atoms with Gasteiger partial charge in [0.25, 0.3) is 0 Å². The van der Waals surface area contributed by atoms with E-state index in [4.69, 9.17) is 4.74 Å². The van der Waals surface area contributed by atoms with Gasteiger partial charge in [0.1, 0.15) is 5.75 Å². The largest absolute Gasteiger partial charge is 0.508 e. The first-order chi connectivity index (χ1) is 13.5. The third kappa shape index (κ3) is 3.22. The molecule has 1 atom stereocenters. The van der Waals surface area contributed by atoms with Crippen molar-refractivity contribution in [1.82, 2.24) is 10.2 Å². The summed E-state index contributed by atoms with van der Waals surface area (Å²) >= 11 is 0. The van der Waals surface area contributed by atoms with Gasteiger partial charge in [-0.05, 0) is 31.0 Å². The van der Waals surface area contributed by atoms with Crippen LogP contribution in [0.2, 0.25) is 0 Å². The number of phenolic OH excluding ortho intramolecular Hbond substituents is 1. The summed E-state index contributed by atoms with van der Waals surface area (Å²) in [4.78, 5) is 26.8. The van der Waals surface area contributed by atoms with Gasteiger partial charge in [-0.1, -0.05) is 42.5 Å². The van der Waals surface area contributed by atoms with Crippen molar-refractivity contribution in [3.63, 3.8) is 0 Å². The molecule has 2 amide bonds. The number of amides is 2. The molecule has 0 saturated heterocycles. The maximum absolute atomic E-state index is 12.7. The molecule has 4 rings (SSSR count). The lowest BCUT2D eigenvalue weighted by molar-refractivity contribution is -0.146. The quantitative estimate of drug-likeness (QED) is 0.805. The standard InChI is InChI=1S/C22H22N2O4/c1-22(16-8-5-9-17(25)12-16)19-14-24(11-10-18(19)20(26)28-22)21(27)23-13-15-6-3-2-4-7-15/h2-9,12,25H,10-11,13-14H2,1H3,(H,23,27). The highest BCUT2D eigenvalue weighted by Gasteiger charge is 2.47. The Kier molecular flexibility index (Phi) is 4.55. The average Bonchev–Trinajstić information content (AvgIpc) is 2.98. The summed E-state index contributed by atoms with van der Waals surface area (Å²) in [6.45, 7) is 3.03. The number of hydrogen-bond donors (Lipinski definition) is 2. The summed E-state index contributed by atoms with van der Waals surface area (Å²) in [5, 5.41) is 12.8. The van der Waals surface area contributed by atoms with Crippen LogP contribution in [0.15, 0.2) is 65.7 Å². The maximum atomic E-state index is 12.7. The number of urea groups is 1. The van der Waals surface area contributed by atoms with Gasteiger partial charge < -0.3 is 20.1 Å². The molecule has 2 aliphatic heterocycles. The monoisotopic (exact) mass is 378 g/mol. The number of rotatable bonds is 3. The minimum Gasteiger partial charge on any atom is -0.508 e. The molecule has 0 fully saturated rings. The summed E-state index contributed by atoms with van der Waals surface area (Å²) in [7, 11) is 0. The van der Waals surface area contributed by atoms with Crippen molar-refractivity contribution in [2.45, 2.75) is 25.5 Å². The van der Waals surface area contributed by atoms with Gasteiger partial charge in [-0.3, -0.25) is 0 Å². The predicted octanol–water partition coefficient (Wildman–Crippen LogP) is 3.08. The molecule has 0 aromatic heterocycles. The molecular weight excluding hydrogens is 356 g/mol. The molecule has 144 valence electrons. The lowest BCUT2D eigenvalue weighted by Gasteiger charge is -2.33. The van der Waals surface area contributed by atoms with Crippen LogP contribution >= 0.6 is 0 Å². The molecule has 2 aromatic carbocycles. The second-order valence-corrected chi connectivity index (χ2v) is 7.25. The first kappa shape index (κ1) is 18.1. The van der Waals surface area contributed by atoms with E-state index < -0.39 is 5.60 Å². The highest BCUT2D eigenvalue weighted by molar-refractivity contribution is 5.94. The Hall–Kier alpha value is -3.28.